The first-order valence-corrected chi connectivity index (χ1v) is 9.40. The Morgan fingerprint density at radius 1 is 1.26 bits per heavy atom. The van der Waals surface area contributed by atoms with Gasteiger partial charge in [0.2, 0.25) is 5.88 Å². The van der Waals surface area contributed by atoms with Crippen LogP contribution in [0, 0.1) is 0 Å². The van der Waals surface area contributed by atoms with Crippen molar-refractivity contribution >= 4 is 18.8 Å². The highest BCUT2D eigenvalue weighted by molar-refractivity contribution is 7.60. The lowest BCUT2D eigenvalue weighted by Crippen LogP contribution is -2.27. The van der Waals surface area contributed by atoms with Crippen LogP contribution in [0.3, 0.4) is 0 Å². The summed E-state index contributed by atoms with van der Waals surface area (Å²) in [5.74, 6) is -0.960. The first-order valence-electron chi connectivity index (χ1n) is 7.78. The zero-order chi connectivity index (χ0) is 19.6. The molecule has 0 aliphatic heterocycles. The lowest BCUT2D eigenvalue weighted by Gasteiger charge is -2.15. The topological polar surface area (TPSA) is 150 Å². The molecule has 140 valence electrons. The Labute approximate surface area is 153 Å². The van der Waals surface area contributed by atoms with E-state index in [1.54, 1.807) is 19.2 Å². The van der Waals surface area contributed by atoms with Crippen LogP contribution in [0.5, 0.6) is 5.88 Å². The molecule has 0 saturated heterocycles. The monoisotopic (exact) mass is 389 g/mol. The molecule has 2 aromatic heterocycles. The van der Waals surface area contributed by atoms with E-state index < -0.39 is 25.4 Å². The summed E-state index contributed by atoms with van der Waals surface area (Å²) < 4.78 is 12.5. The highest BCUT2D eigenvalue weighted by Crippen LogP contribution is 2.33. The molecule has 3 rings (SSSR count). The number of nitrogens with one attached hydrogen (secondary N) is 1. The fourth-order valence-corrected chi connectivity index (χ4v) is 2.87. The average Bonchev–Trinajstić information content (AvgIpc) is 3.15. The predicted molar refractivity (Wildman–Crippen MR) is 94.8 cm³/mol. The molecule has 1 atom stereocenters. The molecule has 0 aliphatic rings. The minimum atomic E-state index is -4.32. The van der Waals surface area contributed by atoms with Crippen LogP contribution in [0.1, 0.15) is 28.9 Å². The van der Waals surface area contributed by atoms with Crippen LogP contribution < -0.4 is 10.6 Å². The van der Waals surface area contributed by atoms with Crippen LogP contribution in [0.4, 0.5) is 0 Å². The summed E-state index contributed by atoms with van der Waals surface area (Å²) in [4.78, 5) is 38.5. The van der Waals surface area contributed by atoms with Gasteiger partial charge in [-0.15, -0.1) is 0 Å². The first-order chi connectivity index (χ1) is 12.8. The molecule has 1 amide bonds. The summed E-state index contributed by atoms with van der Waals surface area (Å²) in [6, 6.07) is 6.82. The van der Waals surface area contributed by atoms with Crippen molar-refractivity contribution < 1.29 is 24.3 Å². The third-order valence-corrected chi connectivity index (χ3v) is 4.76. The Balaban J connectivity index is 1.74. The summed E-state index contributed by atoms with van der Waals surface area (Å²) in [5, 5.41) is 16.5. The summed E-state index contributed by atoms with van der Waals surface area (Å²) >= 11 is 0. The van der Waals surface area contributed by atoms with Crippen LogP contribution >= 0.6 is 7.60 Å². The normalized spacial score (nSPS) is 12.6. The van der Waals surface area contributed by atoms with E-state index in [0.717, 1.165) is 0 Å². The lowest BCUT2D eigenvalue weighted by atomic mass is 10.1. The summed E-state index contributed by atoms with van der Waals surface area (Å²) in [7, 11) is -4.32. The van der Waals surface area contributed by atoms with Gasteiger partial charge in [0.1, 0.15) is 5.56 Å². The number of aromatic hydroxyl groups is 1. The molecule has 0 radical (unpaired) electrons. The molecule has 27 heavy (non-hydrogen) atoms. The molecule has 10 nitrogen and oxygen atoms in total. The number of hydrogen-bond donors (Lipinski definition) is 4. The van der Waals surface area contributed by atoms with Gasteiger partial charge in [0.25, 0.3) is 11.9 Å². The summed E-state index contributed by atoms with van der Waals surface area (Å²) in [5.41, 5.74) is 0.527. The largest absolute Gasteiger partial charge is 0.493 e. The maximum absolute atomic E-state index is 12.4. The van der Waals surface area contributed by atoms with Gasteiger partial charge < -0.3 is 20.2 Å². The smallest absolute Gasteiger partial charge is 0.356 e. The molecule has 4 N–H and O–H groups in total. The van der Waals surface area contributed by atoms with E-state index in [1.165, 1.54) is 41.3 Å². The number of carbonyl (C=O) groups is 1. The Morgan fingerprint density at radius 2 is 1.96 bits per heavy atom. The number of benzene rings is 1. The Kier molecular flexibility index (Phi) is 5.04. The van der Waals surface area contributed by atoms with E-state index in [1.807, 2.05) is 0 Å². The van der Waals surface area contributed by atoms with Crippen molar-refractivity contribution in [1.29, 1.82) is 0 Å². The number of nitrogens with zero attached hydrogens (tertiary/aromatic N) is 4. The van der Waals surface area contributed by atoms with Crippen LogP contribution in [-0.2, 0) is 4.57 Å². The van der Waals surface area contributed by atoms with Crippen LogP contribution in [0.2, 0.25) is 0 Å². The molecule has 0 fully saturated rings. The maximum atomic E-state index is 12.4. The average molecular weight is 389 g/mol. The van der Waals surface area contributed by atoms with Crippen molar-refractivity contribution in [3.8, 4) is 11.8 Å². The Hall–Kier alpha value is -3.07. The maximum Gasteiger partial charge on any atom is 0.356 e. The predicted octanol–water partition coefficient (Wildman–Crippen LogP) is 0.662. The van der Waals surface area contributed by atoms with Crippen molar-refractivity contribution in [3.05, 3.63) is 60.0 Å². The molecule has 0 bridgehead atoms. The van der Waals surface area contributed by atoms with Gasteiger partial charge in [-0.2, -0.15) is 10.1 Å². The van der Waals surface area contributed by atoms with E-state index in [9.17, 15) is 14.5 Å². The quantitative estimate of drug-likeness (QED) is 0.465. The standard InChI is InChI=1S/C16H16N5O5P/c1-10(11-3-5-12(6-4-11)27(24,25)26)19-14(22)13-9-17-16(20-15(13)23)21-8-2-7-18-21/h2-10H,1H3,(H,19,22)(H,17,20,23)(H2,24,25,26)/t10-/m1/s1. The van der Waals surface area contributed by atoms with Gasteiger partial charge in [0.05, 0.1) is 11.3 Å². The molecule has 0 spiro atoms. The molecule has 1 aromatic carbocycles. The van der Waals surface area contributed by atoms with Gasteiger partial charge in [0, 0.05) is 18.6 Å². The number of carbonyl (C=O) groups excluding carboxylic acids is 1. The SMILES string of the molecule is C[C@@H](NC(=O)c1cnc(-n2cccn2)nc1O)c1ccc(P(=O)(O)O)cc1. The Morgan fingerprint density at radius 3 is 2.52 bits per heavy atom. The fraction of sp³-hybridized carbons (Fsp3) is 0.125. The van der Waals surface area contributed by atoms with Gasteiger partial charge >= 0.3 is 7.60 Å². The van der Waals surface area contributed by atoms with Gasteiger partial charge in [0.15, 0.2) is 0 Å². The van der Waals surface area contributed by atoms with Gasteiger partial charge in [-0.1, -0.05) is 12.1 Å². The highest BCUT2D eigenvalue weighted by Gasteiger charge is 2.20. The van der Waals surface area contributed by atoms with E-state index >= 15 is 0 Å². The second-order valence-electron chi connectivity index (χ2n) is 5.69. The van der Waals surface area contributed by atoms with E-state index in [0.29, 0.717) is 5.56 Å². The molecule has 2 heterocycles. The number of rotatable bonds is 5. The second-order valence-corrected chi connectivity index (χ2v) is 7.29. The van der Waals surface area contributed by atoms with Crippen LogP contribution in [0.15, 0.2) is 48.9 Å². The highest BCUT2D eigenvalue weighted by atomic mass is 31.2. The van der Waals surface area contributed by atoms with Crippen LogP contribution in [-0.4, -0.2) is 40.5 Å². The third-order valence-electron chi connectivity index (χ3n) is 3.79. The summed E-state index contributed by atoms with van der Waals surface area (Å²) in [6.45, 7) is 1.69. The third kappa shape index (κ3) is 4.20. The number of aromatic nitrogens is 4. The van der Waals surface area contributed by atoms with Crippen molar-refractivity contribution in [1.82, 2.24) is 25.1 Å². The van der Waals surface area contributed by atoms with Crippen molar-refractivity contribution in [2.24, 2.45) is 0 Å². The molecule has 0 aliphatic carbocycles. The molecular formula is C16H16N5O5P. The minimum absolute atomic E-state index is 0.106. The van der Waals surface area contributed by atoms with Gasteiger partial charge in [-0.25, -0.2) is 9.67 Å². The van der Waals surface area contributed by atoms with Crippen molar-refractivity contribution in [3.63, 3.8) is 0 Å². The van der Waals surface area contributed by atoms with Crippen molar-refractivity contribution in [2.45, 2.75) is 13.0 Å². The zero-order valence-electron chi connectivity index (χ0n) is 14.1. The van der Waals surface area contributed by atoms with E-state index in [2.05, 4.69) is 20.4 Å². The summed E-state index contributed by atoms with van der Waals surface area (Å²) in [6.07, 6.45) is 4.32. The Bertz CT molecular complexity index is 1000. The zero-order valence-corrected chi connectivity index (χ0v) is 15.0. The number of amides is 1. The van der Waals surface area contributed by atoms with Crippen molar-refractivity contribution in [2.75, 3.05) is 0 Å². The molecule has 0 unspecified atom stereocenters. The van der Waals surface area contributed by atoms with Crippen LogP contribution in [0.25, 0.3) is 5.95 Å². The van der Waals surface area contributed by atoms with E-state index in [4.69, 9.17) is 9.79 Å². The second kappa shape index (κ2) is 7.28. The minimum Gasteiger partial charge on any atom is -0.493 e. The number of hydrogen-bond acceptors (Lipinski definition) is 6. The van der Waals surface area contributed by atoms with E-state index in [-0.39, 0.29) is 16.8 Å². The molecular weight excluding hydrogens is 373 g/mol. The van der Waals surface area contributed by atoms with Gasteiger partial charge in [-0.05, 0) is 30.7 Å². The molecule has 3 aromatic rings. The molecule has 0 saturated carbocycles. The lowest BCUT2D eigenvalue weighted by molar-refractivity contribution is 0.0936. The van der Waals surface area contributed by atoms with Gasteiger partial charge in [-0.3, -0.25) is 9.36 Å². The fourth-order valence-electron chi connectivity index (χ4n) is 2.34. The first kappa shape index (κ1) is 18.7. The molecule has 11 heteroatoms.